The number of esters is 1. The summed E-state index contributed by atoms with van der Waals surface area (Å²) in [5, 5.41) is 12.7. The van der Waals surface area contributed by atoms with Crippen molar-refractivity contribution < 1.29 is 33.8 Å². The molecule has 11 heteroatoms. The highest BCUT2D eigenvalue weighted by molar-refractivity contribution is 9.09. The molecule has 10 nitrogen and oxygen atoms in total. The second kappa shape index (κ2) is 16.0. The van der Waals surface area contributed by atoms with Crippen LogP contribution in [-0.4, -0.2) is 94.0 Å². The van der Waals surface area contributed by atoms with Gasteiger partial charge in [0.05, 0.1) is 24.0 Å². The predicted octanol–water partition coefficient (Wildman–Crippen LogP) is 3.69. The number of carbonyl (C=O) groups excluding carboxylic acids is 4. The molecule has 1 aromatic carbocycles. The first-order valence-corrected chi connectivity index (χ1v) is 16.9. The smallest absolute Gasteiger partial charge is 0.306 e. The summed E-state index contributed by atoms with van der Waals surface area (Å²) in [6.07, 6.45) is 6.82. The molecule has 0 radical (unpaired) electrons. The van der Waals surface area contributed by atoms with E-state index in [2.05, 4.69) is 41.3 Å². The van der Waals surface area contributed by atoms with Crippen LogP contribution in [0.25, 0.3) is 0 Å². The highest BCUT2D eigenvalue weighted by Crippen LogP contribution is 2.60. The number of aliphatic hydroxyl groups excluding tert-OH is 1. The molecular weight excluding hydrogens is 642 g/mol. The fraction of sp³-hybridized carbons (Fsp3) is 0.588. The van der Waals surface area contributed by atoms with Gasteiger partial charge in [-0.3, -0.25) is 19.2 Å². The van der Waals surface area contributed by atoms with Gasteiger partial charge in [-0.1, -0.05) is 78.2 Å². The minimum absolute atomic E-state index is 0.0799. The van der Waals surface area contributed by atoms with E-state index in [1.54, 1.807) is 17.1 Å². The zero-order valence-corrected chi connectivity index (χ0v) is 27.7. The van der Waals surface area contributed by atoms with Gasteiger partial charge in [-0.15, -0.1) is 13.2 Å². The lowest BCUT2D eigenvalue weighted by Gasteiger charge is -2.37. The number of hydrogen-bond acceptors (Lipinski definition) is 7. The molecule has 3 aliphatic rings. The number of carbonyl (C=O) groups is 4. The maximum absolute atomic E-state index is 14.3. The van der Waals surface area contributed by atoms with Gasteiger partial charge in [0.1, 0.15) is 18.2 Å². The van der Waals surface area contributed by atoms with Gasteiger partial charge in [0, 0.05) is 37.5 Å². The van der Waals surface area contributed by atoms with Crippen molar-refractivity contribution in [1.82, 2.24) is 15.1 Å². The molecule has 1 unspecified atom stereocenters. The van der Waals surface area contributed by atoms with Crippen molar-refractivity contribution >= 4 is 39.6 Å². The Bertz CT molecular complexity index is 1230. The highest BCUT2D eigenvalue weighted by Gasteiger charge is 2.76. The molecule has 3 heterocycles. The van der Waals surface area contributed by atoms with Crippen LogP contribution in [0.1, 0.15) is 63.5 Å². The Hall–Kier alpha value is -3.02. The summed E-state index contributed by atoms with van der Waals surface area (Å²) < 4.78 is 12.1. The third-order valence-corrected chi connectivity index (χ3v) is 9.90. The summed E-state index contributed by atoms with van der Waals surface area (Å²) in [5.74, 6) is -3.10. The lowest BCUT2D eigenvalue weighted by atomic mass is 9.70. The number of likely N-dealkylation sites (tertiary alicyclic amines) is 1. The van der Waals surface area contributed by atoms with Crippen molar-refractivity contribution in [3.8, 4) is 0 Å². The molecule has 3 fully saturated rings. The topological polar surface area (TPSA) is 125 Å². The molecule has 7 atom stereocenters. The molecule has 0 aromatic heterocycles. The van der Waals surface area contributed by atoms with Crippen LogP contribution in [0.15, 0.2) is 55.6 Å². The van der Waals surface area contributed by atoms with Crippen LogP contribution in [0.5, 0.6) is 0 Å². The molecule has 0 aliphatic carbocycles. The second-order valence-electron chi connectivity index (χ2n) is 12.0. The largest absolute Gasteiger partial charge is 0.463 e. The van der Waals surface area contributed by atoms with E-state index in [4.69, 9.17) is 9.47 Å². The van der Waals surface area contributed by atoms with Crippen molar-refractivity contribution in [3.05, 3.63) is 61.2 Å². The van der Waals surface area contributed by atoms with E-state index in [1.807, 2.05) is 30.3 Å². The Morgan fingerprint density at radius 1 is 1.22 bits per heavy atom. The molecular formula is C34H46BrN3O7. The number of ether oxygens (including phenoxy) is 2. The molecule has 3 saturated heterocycles. The normalized spacial score (nSPS) is 27.1. The molecule has 3 aliphatic heterocycles. The van der Waals surface area contributed by atoms with Crippen LogP contribution >= 0.6 is 15.9 Å². The number of rotatable bonds is 18. The SMILES string of the molecule is C=CCCC(=O)OC[C@H](NC(=O)[C@H]1[C@@H]2O[C@@]3(CC2Br)[C@@H]1C(=O)N(CCCO)[C@@H]3C(=O)N(CC=C)CCCCC)c1ccccc1. The maximum atomic E-state index is 14.3. The standard InChI is InChI=1S/C34H46BrN3O7/c1-4-7-12-18-37(17-6-3)33(43)30-34-21-24(35)29(45-34)27(28(34)32(42)38(30)19-13-20-39)31(41)36-25(23-14-10-9-11-15-23)22-44-26(40)16-8-5-2/h5-6,9-11,14-15,24-25,27-30,39H,2-4,7-8,12-13,16-22H2,1H3,(H,36,41)/t24?,25-,27+,28-,29+,30+,34-/m0/s1. The number of aliphatic hydroxyl groups is 1. The number of alkyl halides is 1. The van der Waals surface area contributed by atoms with Crippen LogP contribution in [0, 0.1) is 11.8 Å². The zero-order valence-electron chi connectivity index (χ0n) is 26.1. The van der Waals surface area contributed by atoms with Gasteiger partial charge in [0.2, 0.25) is 17.7 Å². The summed E-state index contributed by atoms with van der Waals surface area (Å²) in [7, 11) is 0. The van der Waals surface area contributed by atoms with Crippen LogP contribution in [-0.2, 0) is 28.7 Å². The lowest BCUT2D eigenvalue weighted by Crippen LogP contribution is -2.57. The van der Waals surface area contributed by atoms with E-state index < -0.39 is 47.5 Å². The average molecular weight is 689 g/mol. The van der Waals surface area contributed by atoms with E-state index in [-0.39, 0.29) is 42.8 Å². The summed E-state index contributed by atoms with van der Waals surface area (Å²) in [5.41, 5.74) is -0.451. The lowest BCUT2D eigenvalue weighted by molar-refractivity contribution is -0.148. The number of unbranched alkanes of at least 4 members (excludes halogenated alkanes) is 2. The number of amides is 3. The fourth-order valence-electron chi connectivity index (χ4n) is 7.01. The minimum Gasteiger partial charge on any atom is -0.463 e. The monoisotopic (exact) mass is 687 g/mol. The number of nitrogens with one attached hydrogen (secondary N) is 1. The highest BCUT2D eigenvalue weighted by atomic mass is 79.9. The maximum Gasteiger partial charge on any atom is 0.306 e. The predicted molar refractivity (Wildman–Crippen MR) is 173 cm³/mol. The number of fused-ring (bicyclic) bond motifs is 1. The van der Waals surface area contributed by atoms with Crippen molar-refractivity contribution in [1.29, 1.82) is 0 Å². The van der Waals surface area contributed by atoms with E-state index in [9.17, 15) is 24.3 Å². The zero-order chi connectivity index (χ0) is 32.6. The first-order valence-electron chi connectivity index (χ1n) is 16.0. The van der Waals surface area contributed by atoms with Gasteiger partial charge in [-0.2, -0.15) is 0 Å². The first-order chi connectivity index (χ1) is 21.7. The van der Waals surface area contributed by atoms with Crippen LogP contribution in [0.4, 0.5) is 0 Å². The minimum atomic E-state index is -1.20. The molecule has 2 N–H and O–H groups in total. The molecule has 3 amide bonds. The van der Waals surface area contributed by atoms with Crippen molar-refractivity contribution in [2.24, 2.45) is 11.8 Å². The Balaban J connectivity index is 1.63. The van der Waals surface area contributed by atoms with Gasteiger partial charge in [0.15, 0.2) is 0 Å². The van der Waals surface area contributed by atoms with E-state index in [1.165, 1.54) is 4.90 Å². The van der Waals surface area contributed by atoms with Crippen molar-refractivity contribution in [2.45, 2.75) is 80.5 Å². The third-order valence-electron chi connectivity index (χ3n) is 9.06. The average Bonchev–Trinajstić information content (AvgIpc) is 3.63. The van der Waals surface area contributed by atoms with Gasteiger partial charge in [-0.05, 0) is 31.2 Å². The Kier molecular flexibility index (Phi) is 12.4. The number of nitrogens with zero attached hydrogens (tertiary/aromatic N) is 2. The number of hydrogen-bond donors (Lipinski definition) is 2. The fourth-order valence-corrected chi connectivity index (χ4v) is 7.95. The molecule has 4 rings (SSSR count). The van der Waals surface area contributed by atoms with Crippen LogP contribution < -0.4 is 5.32 Å². The summed E-state index contributed by atoms with van der Waals surface area (Å²) in [6.45, 7) is 10.4. The third kappa shape index (κ3) is 7.36. The van der Waals surface area contributed by atoms with Crippen molar-refractivity contribution in [3.63, 3.8) is 0 Å². The Morgan fingerprint density at radius 2 is 1.98 bits per heavy atom. The van der Waals surface area contributed by atoms with Gasteiger partial charge in [-0.25, -0.2) is 0 Å². The summed E-state index contributed by atoms with van der Waals surface area (Å²) in [4.78, 5) is 58.0. The Labute approximate surface area is 274 Å². The van der Waals surface area contributed by atoms with Gasteiger partial charge in [0.25, 0.3) is 0 Å². The molecule has 0 saturated carbocycles. The second-order valence-corrected chi connectivity index (χ2v) is 13.2. The van der Waals surface area contributed by atoms with Gasteiger partial charge >= 0.3 is 5.97 Å². The molecule has 2 bridgehead atoms. The van der Waals surface area contributed by atoms with E-state index in [0.717, 1.165) is 24.8 Å². The van der Waals surface area contributed by atoms with E-state index in [0.29, 0.717) is 32.4 Å². The van der Waals surface area contributed by atoms with Gasteiger partial charge < -0.3 is 29.7 Å². The quantitative estimate of drug-likeness (QED) is 0.104. The molecule has 1 aromatic rings. The molecule has 1 spiro atoms. The number of allylic oxidation sites excluding steroid dienone is 1. The van der Waals surface area contributed by atoms with E-state index >= 15 is 0 Å². The van der Waals surface area contributed by atoms with Crippen molar-refractivity contribution in [2.75, 3.05) is 32.8 Å². The number of halogens is 1. The molecule has 45 heavy (non-hydrogen) atoms. The summed E-state index contributed by atoms with van der Waals surface area (Å²) in [6, 6.07) is 7.63. The van der Waals surface area contributed by atoms with Crippen LogP contribution in [0.2, 0.25) is 0 Å². The molecule has 246 valence electrons. The number of benzene rings is 1. The summed E-state index contributed by atoms with van der Waals surface area (Å²) >= 11 is 3.72. The Morgan fingerprint density at radius 3 is 2.64 bits per heavy atom. The first kappa shape index (κ1) is 34.8. The van der Waals surface area contributed by atoms with Crippen LogP contribution in [0.3, 0.4) is 0 Å².